The average molecular weight is 537 g/mol. The molecule has 1 aromatic heterocycles. The predicted octanol–water partition coefficient (Wildman–Crippen LogP) is 1.71. The van der Waals surface area contributed by atoms with Crippen molar-refractivity contribution in [1.82, 2.24) is 14.9 Å². The maximum Gasteiger partial charge on any atom is 0.254 e. The highest BCUT2D eigenvalue weighted by Crippen LogP contribution is 2.43. The zero-order chi connectivity index (χ0) is 27.2. The summed E-state index contributed by atoms with van der Waals surface area (Å²) in [7, 11) is -4.13. The molecule has 38 heavy (non-hydrogen) atoms. The third kappa shape index (κ3) is 4.65. The summed E-state index contributed by atoms with van der Waals surface area (Å²) in [6, 6.07) is 11.2. The van der Waals surface area contributed by atoms with Crippen LogP contribution in [0, 0.1) is 5.41 Å². The highest BCUT2D eigenvalue weighted by molar-refractivity contribution is 7.89. The molecule has 0 radical (unpaired) electrons. The van der Waals surface area contributed by atoms with Crippen LogP contribution in [0.25, 0.3) is 33.5 Å². The second-order valence-corrected chi connectivity index (χ2v) is 10.3. The summed E-state index contributed by atoms with van der Waals surface area (Å²) in [5.41, 5.74) is 7.40. The third-order valence-electron chi connectivity index (χ3n) is 6.29. The van der Waals surface area contributed by atoms with E-state index in [0.717, 1.165) is 18.2 Å². The topological polar surface area (TPSA) is 209 Å². The molecular weight excluding hydrogens is 512 g/mol. The molecule has 0 saturated carbocycles. The summed E-state index contributed by atoms with van der Waals surface area (Å²) in [6.45, 7) is 1.50. The lowest BCUT2D eigenvalue weighted by Gasteiger charge is -2.27. The first kappa shape index (κ1) is 25.2. The molecule has 0 spiro atoms. The van der Waals surface area contributed by atoms with Gasteiger partial charge in [0.05, 0.1) is 34.7 Å². The molecule has 0 atom stereocenters. The summed E-state index contributed by atoms with van der Waals surface area (Å²) in [5.74, 6) is -0.947. The van der Waals surface area contributed by atoms with E-state index in [-0.39, 0.29) is 56.2 Å². The molecular formula is C25H24N6O6S. The highest BCUT2D eigenvalue weighted by atomic mass is 32.2. The van der Waals surface area contributed by atoms with Crippen LogP contribution in [0.5, 0.6) is 11.5 Å². The number of hydrogen-bond acceptors (Lipinski definition) is 8. The summed E-state index contributed by atoms with van der Waals surface area (Å²) in [5, 5.41) is 34.9. The van der Waals surface area contributed by atoms with Gasteiger partial charge in [0.25, 0.3) is 5.91 Å². The number of morpholine rings is 1. The lowest BCUT2D eigenvalue weighted by molar-refractivity contribution is 0.0303. The molecule has 0 unspecified atom stereocenters. The predicted molar refractivity (Wildman–Crippen MR) is 139 cm³/mol. The number of ether oxygens (including phenoxy) is 1. The van der Waals surface area contributed by atoms with Gasteiger partial charge in [0.1, 0.15) is 23.2 Å². The van der Waals surface area contributed by atoms with Crippen LogP contribution in [0.15, 0.2) is 53.4 Å². The van der Waals surface area contributed by atoms with Gasteiger partial charge in [0.15, 0.2) is 0 Å². The van der Waals surface area contributed by atoms with Gasteiger partial charge in [-0.2, -0.15) is 0 Å². The van der Waals surface area contributed by atoms with E-state index < -0.39 is 10.0 Å². The minimum Gasteiger partial charge on any atom is -0.507 e. The van der Waals surface area contributed by atoms with Crippen molar-refractivity contribution < 1.29 is 28.2 Å². The molecule has 12 nitrogen and oxygen atoms in total. The normalized spacial score (nSPS) is 14.1. The van der Waals surface area contributed by atoms with Gasteiger partial charge in [-0.3, -0.25) is 10.2 Å². The molecule has 1 amide bonds. The number of phenols is 2. The second kappa shape index (κ2) is 9.45. The Morgan fingerprint density at radius 1 is 1.00 bits per heavy atom. The van der Waals surface area contributed by atoms with Crippen LogP contribution < -0.4 is 10.9 Å². The second-order valence-electron chi connectivity index (χ2n) is 8.78. The molecule has 1 aliphatic heterocycles. The first-order valence-electron chi connectivity index (χ1n) is 11.5. The van der Waals surface area contributed by atoms with E-state index in [9.17, 15) is 23.4 Å². The van der Waals surface area contributed by atoms with Crippen molar-refractivity contribution in [2.24, 2.45) is 10.9 Å². The number of phenolic OH excluding ortho intramolecular Hbond substituents is 2. The molecule has 8 N–H and O–H groups in total. The number of aromatic hydroxyl groups is 2. The van der Waals surface area contributed by atoms with E-state index in [1.807, 2.05) is 0 Å². The van der Waals surface area contributed by atoms with Crippen molar-refractivity contribution in [3.8, 4) is 34.0 Å². The number of nitrogens with one attached hydrogen (secondary N) is 2. The van der Waals surface area contributed by atoms with Crippen LogP contribution in [0.2, 0.25) is 0 Å². The standard InChI is InChI=1S/C25H24N6O6S/c26-23(27)13-1-3-19-20(11-13)30-24(29-19)18-10-14(25(34)31-5-7-37-8-6-31)9-17(22(18)33)16-12-15(38(28,35)36)2-4-21(16)32/h1-4,9-12,32-33H,5-8H2,(H3,26,27)(H,29,30)(H2,28,35,36). The van der Waals surface area contributed by atoms with E-state index >= 15 is 0 Å². The number of nitrogen functional groups attached to an aromatic ring is 1. The molecule has 1 aliphatic rings. The van der Waals surface area contributed by atoms with E-state index in [0.29, 0.717) is 42.9 Å². The zero-order valence-corrected chi connectivity index (χ0v) is 20.7. The number of carbonyl (C=O) groups is 1. The van der Waals surface area contributed by atoms with Crippen LogP contribution in [0.1, 0.15) is 15.9 Å². The summed E-state index contributed by atoms with van der Waals surface area (Å²) >= 11 is 0. The van der Waals surface area contributed by atoms with Gasteiger partial charge in [-0.25, -0.2) is 18.5 Å². The molecule has 5 rings (SSSR count). The largest absolute Gasteiger partial charge is 0.507 e. The minimum absolute atomic E-state index is 0.00647. The number of imidazole rings is 1. The smallest absolute Gasteiger partial charge is 0.254 e. The number of amides is 1. The van der Waals surface area contributed by atoms with Gasteiger partial charge in [-0.05, 0) is 48.5 Å². The van der Waals surface area contributed by atoms with Crippen LogP contribution in [0.3, 0.4) is 0 Å². The zero-order valence-electron chi connectivity index (χ0n) is 19.9. The summed E-state index contributed by atoms with van der Waals surface area (Å²) < 4.78 is 29.3. The number of carbonyl (C=O) groups excluding carboxylic acids is 1. The number of rotatable bonds is 5. The van der Waals surface area contributed by atoms with Gasteiger partial charge >= 0.3 is 0 Å². The van der Waals surface area contributed by atoms with Crippen molar-refractivity contribution in [2.75, 3.05) is 26.3 Å². The summed E-state index contributed by atoms with van der Waals surface area (Å²) in [6.07, 6.45) is 0. The molecule has 1 saturated heterocycles. The maximum atomic E-state index is 13.4. The van der Waals surface area contributed by atoms with Gasteiger partial charge in [0, 0.05) is 35.3 Å². The summed E-state index contributed by atoms with van der Waals surface area (Å²) in [4.78, 5) is 22.4. The molecule has 0 bridgehead atoms. The van der Waals surface area contributed by atoms with Crippen molar-refractivity contribution in [2.45, 2.75) is 4.90 Å². The van der Waals surface area contributed by atoms with Gasteiger partial charge in [0.2, 0.25) is 10.0 Å². The van der Waals surface area contributed by atoms with Crippen LogP contribution >= 0.6 is 0 Å². The van der Waals surface area contributed by atoms with Crippen molar-refractivity contribution >= 4 is 32.8 Å². The lowest BCUT2D eigenvalue weighted by atomic mass is 9.96. The maximum absolute atomic E-state index is 13.4. The number of fused-ring (bicyclic) bond motifs is 1. The molecule has 2 heterocycles. The highest BCUT2D eigenvalue weighted by Gasteiger charge is 2.25. The monoisotopic (exact) mass is 536 g/mol. The molecule has 196 valence electrons. The fourth-order valence-electron chi connectivity index (χ4n) is 4.30. The van der Waals surface area contributed by atoms with Gasteiger partial charge in [-0.1, -0.05) is 0 Å². The quantitative estimate of drug-likeness (QED) is 0.163. The van der Waals surface area contributed by atoms with E-state index in [2.05, 4.69) is 9.97 Å². The Morgan fingerprint density at radius 2 is 1.71 bits per heavy atom. The van der Waals surface area contributed by atoms with Crippen LogP contribution in [0.4, 0.5) is 0 Å². The number of sulfonamides is 1. The Bertz CT molecular complexity index is 1710. The van der Waals surface area contributed by atoms with Gasteiger partial charge < -0.3 is 30.6 Å². The van der Waals surface area contributed by atoms with Crippen LogP contribution in [-0.4, -0.2) is 71.5 Å². The third-order valence-corrected chi connectivity index (χ3v) is 7.20. The fraction of sp³-hybridized carbons (Fsp3) is 0.160. The minimum atomic E-state index is -4.13. The molecule has 13 heteroatoms. The van der Waals surface area contributed by atoms with E-state index in [1.165, 1.54) is 12.1 Å². The number of benzene rings is 3. The molecule has 0 aliphatic carbocycles. The van der Waals surface area contributed by atoms with Crippen molar-refractivity contribution in [3.63, 3.8) is 0 Å². The Hall–Kier alpha value is -4.46. The Morgan fingerprint density at radius 3 is 2.39 bits per heavy atom. The molecule has 1 fully saturated rings. The van der Waals surface area contributed by atoms with Crippen molar-refractivity contribution in [1.29, 1.82) is 5.41 Å². The Labute approximate surface area is 217 Å². The Balaban J connectivity index is 1.73. The van der Waals surface area contributed by atoms with Gasteiger partial charge in [-0.15, -0.1) is 0 Å². The number of hydrogen-bond donors (Lipinski definition) is 6. The first-order chi connectivity index (χ1) is 18.0. The van der Waals surface area contributed by atoms with Crippen LogP contribution in [-0.2, 0) is 14.8 Å². The number of amidine groups is 1. The molecule has 3 aromatic carbocycles. The number of H-pyrrole nitrogens is 1. The Kier molecular flexibility index (Phi) is 6.26. The number of primary sulfonamides is 1. The average Bonchev–Trinajstić information content (AvgIpc) is 3.32. The van der Waals surface area contributed by atoms with E-state index in [1.54, 1.807) is 23.1 Å². The number of nitrogens with two attached hydrogens (primary N) is 2. The molecule has 4 aromatic rings. The lowest BCUT2D eigenvalue weighted by Crippen LogP contribution is -2.40. The number of nitrogens with zero attached hydrogens (tertiary/aromatic N) is 2. The van der Waals surface area contributed by atoms with Crippen molar-refractivity contribution in [3.05, 3.63) is 59.7 Å². The van der Waals surface area contributed by atoms with E-state index in [4.69, 9.17) is 21.0 Å². The fourth-order valence-corrected chi connectivity index (χ4v) is 4.84. The number of aromatic amines is 1. The number of aromatic nitrogens is 2. The first-order valence-corrected chi connectivity index (χ1v) is 13.0. The SMILES string of the molecule is N=C(N)c1ccc2[nH]c(-c3cc(C(=O)N4CCOCC4)cc(-c4cc(S(N)(=O)=O)ccc4O)c3O)nc2c1.